The monoisotopic (exact) mass is 530 g/mol. The summed E-state index contributed by atoms with van der Waals surface area (Å²) in [6, 6.07) is 1.44. The minimum Gasteiger partial charge on any atom is -0.506 e. The fourth-order valence-corrected chi connectivity index (χ4v) is 4.49. The minimum atomic E-state index is -0.538. The first kappa shape index (κ1) is 28.5. The molecule has 1 aromatic rings. The summed E-state index contributed by atoms with van der Waals surface area (Å²) in [4.78, 5) is 32.7. The Morgan fingerprint density at radius 3 is 2.86 bits per heavy atom. The maximum absolute atomic E-state index is 13.0. The van der Waals surface area contributed by atoms with Gasteiger partial charge in [0.1, 0.15) is 5.75 Å². The summed E-state index contributed by atoms with van der Waals surface area (Å²) >= 11 is 6.45. The molecule has 0 bridgehead atoms. The zero-order valence-corrected chi connectivity index (χ0v) is 22.0. The summed E-state index contributed by atoms with van der Waals surface area (Å²) in [5.41, 5.74) is 1.62. The molecule has 1 aromatic carbocycles. The first-order valence-electron chi connectivity index (χ1n) is 12.6. The lowest BCUT2D eigenvalue weighted by atomic mass is 9.96. The Morgan fingerprint density at radius 1 is 1.32 bits per heavy atom. The molecule has 2 aliphatic rings. The summed E-state index contributed by atoms with van der Waals surface area (Å²) in [6.45, 7) is 7.23. The van der Waals surface area contributed by atoms with Crippen molar-refractivity contribution in [1.82, 2.24) is 4.90 Å². The van der Waals surface area contributed by atoms with E-state index in [2.05, 4.69) is 11.7 Å². The Hall–Kier alpha value is -3.10. The highest BCUT2D eigenvalue weighted by Gasteiger charge is 2.23. The van der Waals surface area contributed by atoms with Gasteiger partial charge in [0.2, 0.25) is 0 Å². The number of piperidine rings is 1. The Balaban J connectivity index is 1.90. The fraction of sp³-hybridized carbons (Fsp3) is 0.464. The van der Waals surface area contributed by atoms with Crippen molar-refractivity contribution < 1.29 is 29.0 Å². The van der Waals surface area contributed by atoms with E-state index in [1.165, 1.54) is 6.07 Å². The number of aryl methyl sites for hydroxylation is 1. The number of carbonyl (C=O) groups excluding carboxylic acids is 2. The van der Waals surface area contributed by atoms with Crippen LogP contribution in [0.1, 0.15) is 53.6 Å². The van der Waals surface area contributed by atoms with Gasteiger partial charge >= 0.3 is 5.97 Å². The number of hydrogen-bond donors (Lipinski definition) is 1. The van der Waals surface area contributed by atoms with Crippen LogP contribution in [-0.4, -0.2) is 66.6 Å². The average molecular weight is 531 g/mol. The van der Waals surface area contributed by atoms with E-state index >= 15 is 0 Å². The number of hydrogen-bond acceptors (Lipinski definition) is 7. The van der Waals surface area contributed by atoms with Crippen LogP contribution in [0, 0.1) is 6.92 Å². The third-order valence-corrected chi connectivity index (χ3v) is 6.58. The number of aromatic hydroxyl groups is 1. The number of benzene rings is 1. The predicted molar refractivity (Wildman–Crippen MR) is 143 cm³/mol. The molecule has 0 saturated carbocycles. The third kappa shape index (κ3) is 8.47. The number of oxime groups is 1. The molecule has 1 fully saturated rings. The van der Waals surface area contributed by atoms with Crippen molar-refractivity contribution in [3.05, 3.63) is 64.7 Å². The second kappa shape index (κ2) is 14.6. The number of amides is 1. The van der Waals surface area contributed by atoms with Crippen molar-refractivity contribution in [2.45, 2.75) is 51.6 Å². The molecular formula is C28H35ClN2O6. The molecule has 3 rings (SSSR count). The zero-order chi connectivity index (χ0) is 26.6. The Morgan fingerprint density at radius 2 is 2.11 bits per heavy atom. The Bertz CT molecular complexity index is 1060. The number of phenols is 1. The number of likely N-dealkylation sites (tertiary alicyclic amines) is 1. The molecule has 200 valence electrons. The van der Waals surface area contributed by atoms with E-state index in [-0.39, 0.29) is 48.0 Å². The average Bonchev–Trinajstić information content (AvgIpc) is 2.89. The van der Waals surface area contributed by atoms with Crippen molar-refractivity contribution in [1.29, 1.82) is 0 Å². The zero-order valence-electron chi connectivity index (χ0n) is 21.3. The number of nitrogens with zero attached hydrogens (tertiary/aromatic N) is 2. The first-order chi connectivity index (χ1) is 17.9. The van der Waals surface area contributed by atoms with Gasteiger partial charge in [-0.05, 0) is 62.3 Å². The molecule has 37 heavy (non-hydrogen) atoms. The van der Waals surface area contributed by atoms with Crippen molar-refractivity contribution in [3.8, 4) is 5.75 Å². The van der Waals surface area contributed by atoms with Gasteiger partial charge in [0, 0.05) is 19.5 Å². The van der Waals surface area contributed by atoms with Crippen LogP contribution in [-0.2, 0) is 25.5 Å². The van der Waals surface area contributed by atoms with Gasteiger partial charge in [0.15, 0.2) is 6.61 Å². The second-order valence-electron chi connectivity index (χ2n) is 9.01. The van der Waals surface area contributed by atoms with Crippen LogP contribution in [0.15, 0.2) is 48.2 Å². The maximum atomic E-state index is 13.0. The van der Waals surface area contributed by atoms with E-state index in [0.29, 0.717) is 36.3 Å². The molecule has 2 heterocycles. The number of fused-ring (bicyclic) bond motifs is 1. The molecule has 0 radical (unpaired) electrons. The lowest BCUT2D eigenvalue weighted by Gasteiger charge is -2.26. The van der Waals surface area contributed by atoms with Gasteiger partial charge in [-0.2, -0.15) is 0 Å². The van der Waals surface area contributed by atoms with Crippen LogP contribution in [0.3, 0.4) is 0 Å². The molecule has 0 aromatic heterocycles. The van der Waals surface area contributed by atoms with Crippen LogP contribution in [0.5, 0.6) is 5.75 Å². The number of halogens is 1. The van der Waals surface area contributed by atoms with E-state index in [1.807, 2.05) is 18.2 Å². The molecule has 1 amide bonds. The van der Waals surface area contributed by atoms with Gasteiger partial charge in [0.05, 0.1) is 35.6 Å². The molecule has 2 aliphatic heterocycles. The molecule has 8 nitrogen and oxygen atoms in total. The number of carbonyl (C=O) groups is 2. The molecule has 0 spiro atoms. The SMILES string of the molecule is C=CCOC1/C=C/CCOC(=O)c2c(C)cc(O)c(Cl)c2CC(=N/OCC(=O)N2CCCCC2)/C=C/C1. The highest BCUT2D eigenvalue weighted by molar-refractivity contribution is 6.33. The van der Waals surface area contributed by atoms with E-state index in [9.17, 15) is 14.7 Å². The molecule has 1 unspecified atom stereocenters. The standard InChI is InChI=1S/C28H35ClN2O6/c1-3-15-35-22-11-5-8-16-36-28(34)26-20(2)17-24(32)27(29)23(26)18-21(10-9-12-22)30-37-19-25(33)31-13-6-4-7-14-31/h3,5,9-11,17,22,32H,1,4,6-8,12-16,18-19H2,2H3/b10-9+,11-5+,30-21+. The number of phenolic OH excluding ortho intramolecular Hbond substituents is 1. The fourth-order valence-electron chi connectivity index (χ4n) is 4.27. The smallest absolute Gasteiger partial charge is 0.338 e. The summed E-state index contributed by atoms with van der Waals surface area (Å²) in [7, 11) is 0. The summed E-state index contributed by atoms with van der Waals surface area (Å²) in [6.07, 6.45) is 13.2. The largest absolute Gasteiger partial charge is 0.506 e. The minimum absolute atomic E-state index is 0.0437. The molecule has 1 saturated heterocycles. The predicted octanol–water partition coefficient (Wildman–Crippen LogP) is 4.92. The topological polar surface area (TPSA) is 97.7 Å². The van der Waals surface area contributed by atoms with Crippen molar-refractivity contribution in [3.63, 3.8) is 0 Å². The van der Waals surface area contributed by atoms with Crippen LogP contribution < -0.4 is 0 Å². The van der Waals surface area contributed by atoms with E-state index in [1.54, 1.807) is 24.0 Å². The van der Waals surface area contributed by atoms with Gasteiger partial charge in [-0.3, -0.25) is 4.79 Å². The summed E-state index contributed by atoms with van der Waals surface area (Å²) in [5.74, 6) is -0.798. The number of cyclic esters (lactones) is 1. The van der Waals surface area contributed by atoms with Crippen LogP contribution >= 0.6 is 11.6 Å². The summed E-state index contributed by atoms with van der Waals surface area (Å²) < 4.78 is 11.3. The van der Waals surface area contributed by atoms with E-state index in [0.717, 1.165) is 32.4 Å². The number of esters is 1. The quantitative estimate of drug-likeness (QED) is 0.318. The third-order valence-electron chi connectivity index (χ3n) is 6.15. The van der Waals surface area contributed by atoms with Crippen LogP contribution in [0.4, 0.5) is 0 Å². The maximum Gasteiger partial charge on any atom is 0.338 e. The van der Waals surface area contributed by atoms with Crippen LogP contribution in [0.2, 0.25) is 5.02 Å². The van der Waals surface area contributed by atoms with Gasteiger partial charge in [-0.1, -0.05) is 41.1 Å². The molecule has 0 aliphatic carbocycles. The molecule has 1 atom stereocenters. The highest BCUT2D eigenvalue weighted by Crippen LogP contribution is 2.34. The number of rotatable bonds is 6. The second-order valence-corrected chi connectivity index (χ2v) is 9.38. The van der Waals surface area contributed by atoms with Gasteiger partial charge in [-0.25, -0.2) is 4.79 Å². The molecule has 1 N–H and O–H groups in total. The van der Waals surface area contributed by atoms with E-state index in [4.69, 9.17) is 25.9 Å². The molecular weight excluding hydrogens is 496 g/mol. The van der Waals surface area contributed by atoms with Crippen LogP contribution in [0.25, 0.3) is 0 Å². The molecule has 9 heteroatoms. The van der Waals surface area contributed by atoms with Gasteiger partial charge in [0.25, 0.3) is 5.91 Å². The summed E-state index contributed by atoms with van der Waals surface area (Å²) in [5, 5.41) is 14.6. The van der Waals surface area contributed by atoms with E-state index < -0.39 is 5.97 Å². The normalized spacial score (nSPS) is 21.9. The van der Waals surface area contributed by atoms with Crippen molar-refractivity contribution >= 4 is 29.2 Å². The van der Waals surface area contributed by atoms with Gasteiger partial charge < -0.3 is 24.3 Å². The first-order valence-corrected chi connectivity index (χ1v) is 13.0. The Labute approximate surface area is 223 Å². The number of allylic oxidation sites excluding steroid dienone is 1. The number of ether oxygens (including phenoxy) is 2. The highest BCUT2D eigenvalue weighted by atomic mass is 35.5. The van der Waals surface area contributed by atoms with Gasteiger partial charge in [-0.15, -0.1) is 6.58 Å². The lowest BCUT2D eigenvalue weighted by molar-refractivity contribution is -0.137. The Kier molecular flexibility index (Phi) is 11.2. The van der Waals surface area contributed by atoms with Crippen molar-refractivity contribution in [2.24, 2.45) is 5.16 Å². The van der Waals surface area contributed by atoms with Crippen molar-refractivity contribution in [2.75, 3.05) is 32.9 Å². The lowest BCUT2D eigenvalue weighted by Crippen LogP contribution is -2.37.